The monoisotopic (exact) mass is 430 g/mol. The van der Waals surface area contributed by atoms with Crippen LogP contribution in [-0.2, 0) is 11.3 Å². The van der Waals surface area contributed by atoms with Gasteiger partial charge in [0, 0.05) is 16.9 Å². The third-order valence-corrected chi connectivity index (χ3v) is 5.81. The van der Waals surface area contributed by atoms with Gasteiger partial charge in [-0.1, -0.05) is 35.9 Å². The van der Waals surface area contributed by atoms with Crippen LogP contribution in [0.2, 0.25) is 5.02 Å². The Kier molecular flexibility index (Phi) is 6.24. The zero-order valence-electron chi connectivity index (χ0n) is 16.3. The Labute approximate surface area is 177 Å². The maximum Gasteiger partial charge on any atom is 0.287 e. The SMILES string of the molecule is CC(C)(C)n1ncc(SCc2ccc(C(=O)c3ccc(F)cc3)cc2)c(Cl)c1=O. The Hall–Kier alpha value is -2.44. The molecule has 0 aliphatic carbocycles. The average molecular weight is 431 g/mol. The molecule has 0 bridgehead atoms. The summed E-state index contributed by atoms with van der Waals surface area (Å²) in [5.74, 6) is 0.0326. The molecule has 0 fully saturated rings. The van der Waals surface area contributed by atoms with Crippen LogP contribution in [0.3, 0.4) is 0 Å². The van der Waals surface area contributed by atoms with Crippen LogP contribution in [-0.4, -0.2) is 15.6 Å². The summed E-state index contributed by atoms with van der Waals surface area (Å²) in [5.41, 5.74) is 1.17. The molecule has 4 nitrogen and oxygen atoms in total. The molecule has 0 saturated carbocycles. The number of carbonyl (C=O) groups excluding carboxylic acids is 1. The van der Waals surface area contributed by atoms with Crippen molar-refractivity contribution in [3.63, 3.8) is 0 Å². The van der Waals surface area contributed by atoms with Crippen molar-refractivity contribution >= 4 is 29.1 Å². The molecule has 150 valence electrons. The molecule has 2 aromatic carbocycles. The number of hydrogen-bond acceptors (Lipinski definition) is 4. The lowest BCUT2D eigenvalue weighted by atomic mass is 10.0. The number of ketones is 1. The van der Waals surface area contributed by atoms with Gasteiger partial charge < -0.3 is 0 Å². The third kappa shape index (κ3) is 4.95. The lowest BCUT2D eigenvalue weighted by Crippen LogP contribution is -2.36. The van der Waals surface area contributed by atoms with Gasteiger partial charge in [-0.25, -0.2) is 9.07 Å². The van der Waals surface area contributed by atoms with Crippen LogP contribution in [0.15, 0.2) is 64.4 Å². The fourth-order valence-electron chi connectivity index (χ4n) is 2.68. The maximum atomic E-state index is 13.0. The Morgan fingerprint density at radius 1 is 1.07 bits per heavy atom. The van der Waals surface area contributed by atoms with Gasteiger partial charge in [0.2, 0.25) is 0 Å². The molecule has 3 aromatic rings. The van der Waals surface area contributed by atoms with Crippen molar-refractivity contribution in [2.24, 2.45) is 0 Å². The van der Waals surface area contributed by atoms with Crippen LogP contribution in [0, 0.1) is 5.82 Å². The van der Waals surface area contributed by atoms with Crippen LogP contribution in [0.5, 0.6) is 0 Å². The van der Waals surface area contributed by atoms with Crippen molar-refractivity contribution < 1.29 is 9.18 Å². The lowest BCUT2D eigenvalue weighted by Gasteiger charge is -2.21. The molecule has 0 unspecified atom stereocenters. The predicted molar refractivity (Wildman–Crippen MR) is 114 cm³/mol. The summed E-state index contributed by atoms with van der Waals surface area (Å²) in [6.45, 7) is 5.66. The molecular formula is C22H20ClFN2O2S. The zero-order valence-corrected chi connectivity index (χ0v) is 17.9. The number of nitrogens with zero attached hydrogens (tertiary/aromatic N) is 2. The number of rotatable bonds is 5. The van der Waals surface area contributed by atoms with Crippen molar-refractivity contribution in [1.82, 2.24) is 9.78 Å². The van der Waals surface area contributed by atoms with Gasteiger partial charge in [-0.05, 0) is 50.6 Å². The highest BCUT2D eigenvalue weighted by Gasteiger charge is 2.19. The Bertz CT molecular complexity index is 1090. The van der Waals surface area contributed by atoms with Crippen molar-refractivity contribution in [3.8, 4) is 0 Å². The molecule has 0 aliphatic rings. The van der Waals surface area contributed by atoms with E-state index in [1.165, 1.54) is 40.7 Å². The van der Waals surface area contributed by atoms with E-state index >= 15 is 0 Å². The minimum Gasteiger partial charge on any atom is -0.289 e. The zero-order chi connectivity index (χ0) is 21.2. The van der Waals surface area contributed by atoms with Gasteiger partial charge in [0.05, 0.1) is 16.6 Å². The van der Waals surface area contributed by atoms with Crippen molar-refractivity contribution in [2.45, 2.75) is 37.0 Å². The molecule has 0 N–H and O–H groups in total. The van der Waals surface area contributed by atoms with Crippen LogP contribution in [0.1, 0.15) is 42.3 Å². The first-order valence-electron chi connectivity index (χ1n) is 8.97. The van der Waals surface area contributed by atoms with E-state index in [1.807, 2.05) is 32.9 Å². The fraction of sp³-hybridized carbons (Fsp3) is 0.227. The second-order valence-electron chi connectivity index (χ2n) is 7.53. The van der Waals surface area contributed by atoms with Crippen molar-refractivity contribution in [1.29, 1.82) is 0 Å². The molecule has 29 heavy (non-hydrogen) atoms. The first-order chi connectivity index (χ1) is 13.7. The Morgan fingerprint density at radius 2 is 1.62 bits per heavy atom. The Morgan fingerprint density at radius 3 is 2.17 bits per heavy atom. The molecule has 3 rings (SSSR count). The van der Waals surface area contributed by atoms with Gasteiger partial charge in [-0.2, -0.15) is 5.10 Å². The van der Waals surface area contributed by atoms with Crippen molar-refractivity contribution in [2.75, 3.05) is 0 Å². The van der Waals surface area contributed by atoms with E-state index in [4.69, 9.17) is 11.6 Å². The fourth-order valence-corrected chi connectivity index (χ4v) is 3.82. The summed E-state index contributed by atoms with van der Waals surface area (Å²) in [7, 11) is 0. The quantitative estimate of drug-likeness (QED) is 0.406. The predicted octanol–water partition coefficient (Wildman–Crippen LogP) is 5.31. The van der Waals surface area contributed by atoms with Crippen molar-refractivity contribution in [3.05, 3.63) is 92.6 Å². The largest absolute Gasteiger partial charge is 0.289 e. The lowest BCUT2D eigenvalue weighted by molar-refractivity contribution is 0.103. The molecule has 0 amide bonds. The van der Waals surface area contributed by atoms with Crippen LogP contribution in [0.25, 0.3) is 0 Å². The molecule has 1 aromatic heterocycles. The van der Waals surface area contributed by atoms with E-state index in [2.05, 4.69) is 5.10 Å². The number of aromatic nitrogens is 2. The summed E-state index contributed by atoms with van der Waals surface area (Å²) >= 11 is 7.66. The highest BCUT2D eigenvalue weighted by Crippen LogP contribution is 2.27. The number of benzene rings is 2. The molecule has 7 heteroatoms. The van der Waals surface area contributed by atoms with E-state index in [9.17, 15) is 14.0 Å². The standard InChI is InChI=1S/C22H20ClFN2O2S/c1-22(2,3)26-21(28)19(23)18(12-25-26)29-13-14-4-6-15(7-5-14)20(27)16-8-10-17(24)11-9-16/h4-12H,13H2,1-3H3. The van der Waals surface area contributed by atoms with Gasteiger partial charge in [0.1, 0.15) is 10.8 Å². The number of thioether (sulfide) groups is 1. The smallest absolute Gasteiger partial charge is 0.287 e. The van der Waals surface area contributed by atoms with Gasteiger partial charge >= 0.3 is 0 Å². The highest BCUT2D eigenvalue weighted by atomic mass is 35.5. The average Bonchev–Trinajstić information content (AvgIpc) is 2.68. The summed E-state index contributed by atoms with van der Waals surface area (Å²) in [6.07, 6.45) is 1.60. The van der Waals surface area contributed by atoms with Gasteiger partial charge in [0.15, 0.2) is 5.78 Å². The third-order valence-electron chi connectivity index (χ3n) is 4.24. The van der Waals surface area contributed by atoms with E-state index in [0.717, 1.165) is 5.56 Å². The molecule has 0 saturated heterocycles. The van der Waals surface area contributed by atoms with E-state index < -0.39 is 5.54 Å². The maximum absolute atomic E-state index is 13.0. The minimum absolute atomic E-state index is 0.156. The van der Waals surface area contributed by atoms with Crippen LogP contribution >= 0.6 is 23.4 Å². The first kappa shape index (κ1) is 21.3. The number of halogens is 2. The summed E-state index contributed by atoms with van der Waals surface area (Å²) in [4.78, 5) is 25.5. The second kappa shape index (κ2) is 8.51. The molecule has 0 atom stereocenters. The van der Waals surface area contributed by atoms with E-state index in [0.29, 0.717) is 21.8 Å². The summed E-state index contributed by atoms with van der Waals surface area (Å²) < 4.78 is 14.4. The van der Waals surface area contributed by atoms with Gasteiger partial charge in [-0.15, -0.1) is 11.8 Å². The van der Waals surface area contributed by atoms with Crippen LogP contribution < -0.4 is 5.56 Å². The summed E-state index contributed by atoms with van der Waals surface area (Å²) in [6, 6.07) is 12.6. The molecular weight excluding hydrogens is 411 g/mol. The Balaban J connectivity index is 1.71. The van der Waals surface area contributed by atoms with Gasteiger partial charge in [-0.3, -0.25) is 9.59 Å². The highest BCUT2D eigenvalue weighted by molar-refractivity contribution is 7.98. The molecule has 0 spiro atoms. The van der Waals surface area contributed by atoms with Gasteiger partial charge in [0.25, 0.3) is 5.56 Å². The molecule has 0 radical (unpaired) electrons. The second-order valence-corrected chi connectivity index (χ2v) is 8.93. The number of hydrogen-bond donors (Lipinski definition) is 0. The number of carbonyl (C=O) groups is 1. The molecule has 0 aliphatic heterocycles. The topological polar surface area (TPSA) is 52.0 Å². The minimum atomic E-state index is -0.448. The van der Waals surface area contributed by atoms with E-state index in [-0.39, 0.29) is 22.2 Å². The first-order valence-corrected chi connectivity index (χ1v) is 10.3. The van der Waals surface area contributed by atoms with E-state index in [1.54, 1.807) is 18.3 Å². The summed E-state index contributed by atoms with van der Waals surface area (Å²) in [5, 5.41) is 4.38. The van der Waals surface area contributed by atoms with Crippen LogP contribution in [0.4, 0.5) is 4.39 Å². The molecule has 1 heterocycles. The normalized spacial score (nSPS) is 11.5.